The van der Waals surface area contributed by atoms with Crippen LogP contribution in [-0.2, 0) is 6.42 Å². The summed E-state index contributed by atoms with van der Waals surface area (Å²) in [5.41, 5.74) is 2.72. The average molecular weight is 109 g/mol. The van der Waals surface area contributed by atoms with Crippen molar-refractivity contribution in [1.82, 2.24) is 4.98 Å². The van der Waals surface area contributed by atoms with Crippen LogP contribution in [0.4, 0.5) is 0 Å². The lowest BCUT2D eigenvalue weighted by Gasteiger charge is -1.88. The standard InChI is InChI=1S/C7H11N/c1-3-7-4-5-8-6(7)2/h4-5,8H,3H2,1-2H3. The molecule has 1 aromatic heterocycles. The molecule has 0 spiro atoms. The summed E-state index contributed by atoms with van der Waals surface area (Å²) in [6, 6.07) is 2.12. The van der Waals surface area contributed by atoms with Crippen LogP contribution in [0.15, 0.2) is 12.3 Å². The molecule has 0 unspecified atom stereocenters. The zero-order valence-corrected chi connectivity index (χ0v) is 5.36. The van der Waals surface area contributed by atoms with Crippen molar-refractivity contribution in [3.8, 4) is 0 Å². The lowest BCUT2D eigenvalue weighted by molar-refractivity contribution is 1.10. The van der Waals surface area contributed by atoms with E-state index in [2.05, 4.69) is 24.9 Å². The topological polar surface area (TPSA) is 15.8 Å². The molecule has 1 heterocycles. The van der Waals surface area contributed by atoms with Crippen LogP contribution in [0.1, 0.15) is 18.2 Å². The zero-order valence-electron chi connectivity index (χ0n) is 5.36. The molecule has 0 aliphatic heterocycles. The Labute approximate surface area is 49.7 Å². The highest BCUT2D eigenvalue weighted by Gasteiger charge is 1.91. The first kappa shape index (κ1) is 5.42. The summed E-state index contributed by atoms with van der Waals surface area (Å²) in [5.74, 6) is 0. The van der Waals surface area contributed by atoms with Crippen LogP contribution in [0.3, 0.4) is 0 Å². The molecule has 44 valence electrons. The van der Waals surface area contributed by atoms with Gasteiger partial charge in [0.1, 0.15) is 0 Å². The molecule has 0 aliphatic carbocycles. The van der Waals surface area contributed by atoms with Gasteiger partial charge in [0.2, 0.25) is 0 Å². The fraction of sp³-hybridized carbons (Fsp3) is 0.429. The molecule has 0 atom stereocenters. The molecule has 1 rings (SSSR count). The quantitative estimate of drug-likeness (QED) is 0.566. The Kier molecular flexibility index (Phi) is 1.38. The summed E-state index contributed by atoms with van der Waals surface area (Å²) in [4.78, 5) is 3.12. The van der Waals surface area contributed by atoms with E-state index in [9.17, 15) is 0 Å². The van der Waals surface area contributed by atoms with Crippen molar-refractivity contribution in [2.75, 3.05) is 0 Å². The summed E-state index contributed by atoms with van der Waals surface area (Å²) < 4.78 is 0. The van der Waals surface area contributed by atoms with Gasteiger partial charge >= 0.3 is 0 Å². The van der Waals surface area contributed by atoms with Crippen LogP contribution in [-0.4, -0.2) is 4.98 Å². The van der Waals surface area contributed by atoms with E-state index in [1.807, 2.05) is 6.20 Å². The Morgan fingerprint density at radius 3 is 2.62 bits per heavy atom. The molecule has 0 aliphatic rings. The highest BCUT2D eigenvalue weighted by Crippen LogP contribution is 2.03. The van der Waals surface area contributed by atoms with Crippen LogP contribution in [0.2, 0.25) is 0 Å². The monoisotopic (exact) mass is 109 g/mol. The molecule has 1 N–H and O–H groups in total. The molecule has 8 heavy (non-hydrogen) atoms. The van der Waals surface area contributed by atoms with Gasteiger partial charge in [-0.2, -0.15) is 0 Å². The fourth-order valence-corrected chi connectivity index (χ4v) is 0.868. The van der Waals surface area contributed by atoms with E-state index in [0.717, 1.165) is 6.42 Å². The largest absolute Gasteiger partial charge is 0.365 e. The lowest BCUT2D eigenvalue weighted by atomic mass is 10.2. The molecule has 1 aromatic rings. The maximum Gasteiger partial charge on any atom is 0.0147 e. The van der Waals surface area contributed by atoms with Gasteiger partial charge in [-0.25, -0.2) is 0 Å². The van der Waals surface area contributed by atoms with E-state index >= 15 is 0 Å². The Hall–Kier alpha value is -0.720. The Bertz CT molecular complexity index is 165. The normalized spacial score (nSPS) is 9.75. The van der Waals surface area contributed by atoms with Crippen LogP contribution < -0.4 is 0 Å². The third-order valence-corrected chi connectivity index (χ3v) is 1.45. The molecule has 0 saturated heterocycles. The molecule has 0 fully saturated rings. The molecular weight excluding hydrogens is 98.1 g/mol. The minimum Gasteiger partial charge on any atom is -0.365 e. The molecule has 0 aromatic carbocycles. The van der Waals surface area contributed by atoms with Crippen molar-refractivity contribution in [1.29, 1.82) is 0 Å². The number of rotatable bonds is 1. The van der Waals surface area contributed by atoms with Crippen LogP contribution in [0.25, 0.3) is 0 Å². The van der Waals surface area contributed by atoms with Crippen LogP contribution >= 0.6 is 0 Å². The number of nitrogens with one attached hydrogen (secondary N) is 1. The van der Waals surface area contributed by atoms with E-state index in [1.54, 1.807) is 0 Å². The summed E-state index contributed by atoms with van der Waals surface area (Å²) in [7, 11) is 0. The number of aryl methyl sites for hydroxylation is 2. The van der Waals surface area contributed by atoms with Gasteiger partial charge < -0.3 is 4.98 Å². The van der Waals surface area contributed by atoms with Crippen molar-refractivity contribution >= 4 is 0 Å². The van der Waals surface area contributed by atoms with Crippen molar-refractivity contribution in [2.24, 2.45) is 0 Å². The van der Waals surface area contributed by atoms with Crippen LogP contribution in [0, 0.1) is 6.92 Å². The minimum atomic E-state index is 1.13. The highest BCUT2D eigenvalue weighted by atomic mass is 14.7. The molecule has 0 bridgehead atoms. The highest BCUT2D eigenvalue weighted by molar-refractivity contribution is 5.18. The maximum absolute atomic E-state index is 3.12. The molecule has 0 saturated carbocycles. The average Bonchev–Trinajstić information content (AvgIpc) is 2.14. The number of hydrogen-bond acceptors (Lipinski definition) is 0. The molecule has 0 amide bonds. The van der Waals surface area contributed by atoms with Crippen molar-refractivity contribution in [2.45, 2.75) is 20.3 Å². The van der Waals surface area contributed by atoms with Gasteiger partial charge in [-0.15, -0.1) is 0 Å². The van der Waals surface area contributed by atoms with Crippen molar-refractivity contribution < 1.29 is 0 Å². The number of hydrogen-bond donors (Lipinski definition) is 1. The smallest absolute Gasteiger partial charge is 0.0147 e. The van der Waals surface area contributed by atoms with Gasteiger partial charge in [-0.1, -0.05) is 6.92 Å². The maximum atomic E-state index is 3.12. The third-order valence-electron chi connectivity index (χ3n) is 1.45. The van der Waals surface area contributed by atoms with E-state index < -0.39 is 0 Å². The number of aromatic nitrogens is 1. The molecule has 0 radical (unpaired) electrons. The van der Waals surface area contributed by atoms with Gasteiger partial charge in [0.25, 0.3) is 0 Å². The first-order chi connectivity index (χ1) is 3.84. The number of aromatic amines is 1. The van der Waals surface area contributed by atoms with E-state index in [4.69, 9.17) is 0 Å². The summed E-state index contributed by atoms with van der Waals surface area (Å²) in [6.07, 6.45) is 3.11. The van der Waals surface area contributed by atoms with Crippen molar-refractivity contribution in [3.63, 3.8) is 0 Å². The van der Waals surface area contributed by atoms with Crippen molar-refractivity contribution in [3.05, 3.63) is 23.5 Å². The zero-order chi connectivity index (χ0) is 5.98. The summed E-state index contributed by atoms with van der Waals surface area (Å²) >= 11 is 0. The first-order valence-corrected chi connectivity index (χ1v) is 2.97. The van der Waals surface area contributed by atoms with Gasteiger partial charge in [0.15, 0.2) is 0 Å². The fourth-order valence-electron chi connectivity index (χ4n) is 0.868. The third kappa shape index (κ3) is 0.760. The summed E-state index contributed by atoms with van der Waals surface area (Å²) in [5, 5.41) is 0. The second-order valence-electron chi connectivity index (χ2n) is 1.98. The lowest BCUT2D eigenvalue weighted by Crippen LogP contribution is -1.77. The summed E-state index contributed by atoms with van der Waals surface area (Å²) in [6.45, 7) is 4.26. The predicted octanol–water partition coefficient (Wildman–Crippen LogP) is 1.89. The van der Waals surface area contributed by atoms with Crippen LogP contribution in [0.5, 0.6) is 0 Å². The predicted molar refractivity (Wildman–Crippen MR) is 34.9 cm³/mol. The Morgan fingerprint density at radius 2 is 2.38 bits per heavy atom. The van der Waals surface area contributed by atoms with Gasteiger partial charge in [-0.3, -0.25) is 0 Å². The second-order valence-corrected chi connectivity index (χ2v) is 1.98. The van der Waals surface area contributed by atoms with Gasteiger partial charge in [0, 0.05) is 11.9 Å². The van der Waals surface area contributed by atoms with E-state index in [0.29, 0.717) is 0 Å². The van der Waals surface area contributed by atoms with E-state index in [-0.39, 0.29) is 0 Å². The second kappa shape index (κ2) is 2.03. The molecular formula is C7H11N. The Balaban J connectivity index is 2.92. The number of H-pyrrole nitrogens is 1. The Morgan fingerprint density at radius 1 is 1.62 bits per heavy atom. The van der Waals surface area contributed by atoms with E-state index in [1.165, 1.54) is 11.3 Å². The minimum absolute atomic E-state index is 1.13. The molecule has 1 nitrogen and oxygen atoms in total. The SMILES string of the molecule is CCc1cc[nH]c1C. The van der Waals surface area contributed by atoms with Gasteiger partial charge in [-0.05, 0) is 25.0 Å². The molecule has 1 heteroatoms. The first-order valence-electron chi connectivity index (χ1n) is 2.97. The van der Waals surface area contributed by atoms with Gasteiger partial charge in [0.05, 0.1) is 0 Å².